The summed E-state index contributed by atoms with van der Waals surface area (Å²) >= 11 is 0. The molecule has 1 saturated heterocycles. The first-order valence-electron chi connectivity index (χ1n) is 10.9. The Morgan fingerprint density at radius 3 is 2.69 bits per heavy atom. The van der Waals surface area contributed by atoms with Crippen molar-refractivity contribution >= 4 is 28.1 Å². The van der Waals surface area contributed by atoms with Crippen molar-refractivity contribution in [1.82, 2.24) is 15.3 Å². The number of allylic oxidation sites excluding steroid dienone is 1. The number of hydrogen-bond donors (Lipinski definition) is 1. The molecular weight excluding hydrogens is 489 g/mol. The molecule has 188 valence electrons. The molecule has 1 N–H and O–H groups in total. The fourth-order valence-electron chi connectivity index (χ4n) is 4.00. The molecule has 2 heterocycles. The molecular formula is C22H23F3N4O5S. The maximum absolute atomic E-state index is 12.6. The molecule has 2 aliphatic rings. The third-order valence-corrected chi connectivity index (χ3v) is 6.63. The first-order valence-corrected chi connectivity index (χ1v) is 12.3. The lowest BCUT2D eigenvalue weighted by Gasteiger charge is -2.35. The van der Waals surface area contributed by atoms with Gasteiger partial charge in [0.1, 0.15) is 24.5 Å². The minimum atomic E-state index is -5.75. The fourth-order valence-corrected chi connectivity index (χ4v) is 4.51. The normalized spacial score (nSPS) is 18.3. The fraction of sp³-hybridized carbons (Fsp3) is 0.409. The van der Waals surface area contributed by atoms with Gasteiger partial charge in [0.15, 0.2) is 0 Å². The number of fused-ring (bicyclic) bond motifs is 1. The number of aromatic nitrogens is 2. The Kier molecular flexibility index (Phi) is 7.15. The molecule has 0 spiro atoms. The molecule has 13 heteroatoms. The maximum Gasteiger partial charge on any atom is 0.534 e. The number of amides is 1. The number of carbonyl (C=O) groups excluding carboxylic acids is 1. The van der Waals surface area contributed by atoms with E-state index in [0.29, 0.717) is 30.2 Å². The van der Waals surface area contributed by atoms with Crippen LogP contribution in [0.3, 0.4) is 0 Å². The molecule has 0 saturated carbocycles. The van der Waals surface area contributed by atoms with Crippen LogP contribution in [0.25, 0.3) is 6.08 Å². The van der Waals surface area contributed by atoms with Crippen molar-refractivity contribution in [1.29, 1.82) is 0 Å². The van der Waals surface area contributed by atoms with E-state index in [9.17, 15) is 26.4 Å². The van der Waals surface area contributed by atoms with Gasteiger partial charge in [0.05, 0.1) is 5.69 Å². The summed E-state index contributed by atoms with van der Waals surface area (Å²) < 4.78 is 70.1. The standard InChI is InChI=1S/C22H23F3N4O5S/c23-22(24,25)35(31,32)34-17-8-9-18-19(11-17)26-14-27-20(18)29-10-4-7-16(12-29)28-21(30)33-13-15-5-2-1-3-6-15/h1-3,5-6,11,14,16H,4,7-10,12-13H2,(H,28,30)/t16-/m1/s1. The molecule has 0 radical (unpaired) electrons. The Bertz CT molecular complexity index is 1210. The van der Waals surface area contributed by atoms with Gasteiger partial charge in [-0.25, -0.2) is 14.8 Å². The highest BCUT2D eigenvalue weighted by atomic mass is 32.2. The predicted octanol–water partition coefficient (Wildman–Crippen LogP) is 3.53. The zero-order valence-corrected chi connectivity index (χ0v) is 19.3. The highest BCUT2D eigenvalue weighted by molar-refractivity contribution is 7.87. The van der Waals surface area contributed by atoms with Crippen molar-refractivity contribution in [2.75, 3.05) is 18.0 Å². The second-order valence-corrected chi connectivity index (χ2v) is 9.68. The zero-order chi connectivity index (χ0) is 25.1. The van der Waals surface area contributed by atoms with Gasteiger partial charge in [0.2, 0.25) is 0 Å². The number of nitrogens with zero attached hydrogens (tertiary/aromatic N) is 3. The molecule has 4 rings (SSSR count). The van der Waals surface area contributed by atoms with Gasteiger partial charge in [0, 0.05) is 37.2 Å². The lowest BCUT2D eigenvalue weighted by atomic mass is 9.99. The Morgan fingerprint density at radius 1 is 1.17 bits per heavy atom. The number of nitrogens with one attached hydrogen (secondary N) is 1. The van der Waals surface area contributed by atoms with Crippen LogP contribution in [0.5, 0.6) is 0 Å². The lowest BCUT2D eigenvalue weighted by molar-refractivity contribution is -0.0522. The number of ether oxygens (including phenoxy) is 1. The van der Waals surface area contributed by atoms with Gasteiger partial charge in [-0.1, -0.05) is 30.3 Å². The molecule has 1 aliphatic carbocycles. The monoisotopic (exact) mass is 512 g/mol. The van der Waals surface area contributed by atoms with E-state index in [4.69, 9.17) is 4.74 Å². The minimum absolute atomic E-state index is 0.0516. The molecule has 2 aromatic rings. The molecule has 1 fully saturated rings. The van der Waals surface area contributed by atoms with E-state index in [1.54, 1.807) is 0 Å². The topological polar surface area (TPSA) is 111 Å². The SMILES string of the molecule is O=C(N[C@@H]1CCCN(c2ncnc3c2CCC(OS(=O)(=O)C(F)(F)F)=C3)C1)OCc1ccccc1. The number of rotatable bonds is 6. The van der Waals surface area contributed by atoms with Gasteiger partial charge >= 0.3 is 21.7 Å². The number of halogens is 3. The minimum Gasteiger partial charge on any atom is -0.445 e. The molecule has 1 aromatic carbocycles. The summed E-state index contributed by atoms with van der Waals surface area (Å²) in [5.74, 6) is 0.256. The number of alkyl carbamates (subject to hydrolysis) is 1. The van der Waals surface area contributed by atoms with E-state index in [1.807, 2.05) is 35.2 Å². The van der Waals surface area contributed by atoms with Crippen LogP contribution in [0.4, 0.5) is 23.8 Å². The third kappa shape index (κ3) is 6.02. The van der Waals surface area contributed by atoms with Crippen LogP contribution in [0, 0.1) is 0 Å². The van der Waals surface area contributed by atoms with E-state index in [-0.39, 0.29) is 31.2 Å². The average molecular weight is 513 g/mol. The maximum atomic E-state index is 12.6. The van der Waals surface area contributed by atoms with Crippen molar-refractivity contribution in [3.8, 4) is 0 Å². The van der Waals surface area contributed by atoms with Crippen LogP contribution in [-0.4, -0.2) is 49.1 Å². The van der Waals surface area contributed by atoms with E-state index in [1.165, 1.54) is 12.4 Å². The van der Waals surface area contributed by atoms with E-state index < -0.39 is 21.7 Å². The highest BCUT2D eigenvalue weighted by Gasteiger charge is 2.49. The molecule has 9 nitrogen and oxygen atoms in total. The van der Waals surface area contributed by atoms with Crippen molar-refractivity contribution in [2.45, 2.75) is 43.8 Å². The summed E-state index contributed by atoms with van der Waals surface area (Å²) in [6, 6.07) is 9.12. The smallest absolute Gasteiger partial charge is 0.445 e. The zero-order valence-electron chi connectivity index (χ0n) is 18.5. The number of carbonyl (C=O) groups is 1. The van der Waals surface area contributed by atoms with Gasteiger partial charge in [-0.3, -0.25) is 0 Å². The van der Waals surface area contributed by atoms with E-state index >= 15 is 0 Å². The Balaban J connectivity index is 1.41. The molecule has 1 atom stereocenters. The summed E-state index contributed by atoms with van der Waals surface area (Å²) in [4.78, 5) is 22.6. The Hall–Kier alpha value is -3.35. The molecule has 1 aromatic heterocycles. The first-order chi connectivity index (χ1) is 16.6. The number of piperidine rings is 1. The second kappa shape index (κ2) is 10.1. The van der Waals surface area contributed by atoms with Crippen LogP contribution in [0.15, 0.2) is 42.4 Å². The van der Waals surface area contributed by atoms with Crippen molar-refractivity contribution in [3.05, 3.63) is 59.2 Å². The van der Waals surface area contributed by atoms with Gasteiger partial charge in [-0.15, -0.1) is 0 Å². The van der Waals surface area contributed by atoms with Crippen LogP contribution in [-0.2, 0) is 32.1 Å². The molecule has 35 heavy (non-hydrogen) atoms. The van der Waals surface area contributed by atoms with Crippen LogP contribution in [0.2, 0.25) is 0 Å². The van der Waals surface area contributed by atoms with E-state index in [2.05, 4.69) is 19.5 Å². The predicted molar refractivity (Wildman–Crippen MR) is 119 cm³/mol. The quantitative estimate of drug-likeness (QED) is 0.462. The van der Waals surface area contributed by atoms with Gasteiger partial charge in [0.25, 0.3) is 0 Å². The highest BCUT2D eigenvalue weighted by Crippen LogP contribution is 2.34. The third-order valence-electron chi connectivity index (χ3n) is 5.63. The van der Waals surface area contributed by atoms with Crippen molar-refractivity contribution in [3.63, 3.8) is 0 Å². The second-order valence-electron chi connectivity index (χ2n) is 8.15. The van der Waals surface area contributed by atoms with Gasteiger partial charge < -0.3 is 19.1 Å². The van der Waals surface area contributed by atoms with Crippen molar-refractivity contribution < 1.29 is 35.3 Å². The summed E-state index contributed by atoms with van der Waals surface area (Å²) in [5.41, 5.74) is -3.66. The Labute approximate surface area is 200 Å². The number of benzene rings is 1. The summed E-state index contributed by atoms with van der Waals surface area (Å²) in [6.07, 6.45) is 3.60. The number of alkyl halides is 3. The molecule has 1 amide bonds. The molecule has 0 unspecified atom stereocenters. The first kappa shape index (κ1) is 24.8. The largest absolute Gasteiger partial charge is 0.534 e. The van der Waals surface area contributed by atoms with Crippen LogP contribution in [0.1, 0.15) is 36.1 Å². The van der Waals surface area contributed by atoms with Crippen LogP contribution >= 0.6 is 0 Å². The number of hydrogen-bond acceptors (Lipinski definition) is 8. The summed E-state index contributed by atoms with van der Waals surface area (Å²) in [7, 11) is -5.75. The van der Waals surface area contributed by atoms with E-state index in [0.717, 1.165) is 18.4 Å². The summed E-state index contributed by atoms with van der Waals surface area (Å²) in [6.45, 7) is 1.28. The summed E-state index contributed by atoms with van der Waals surface area (Å²) in [5, 5.41) is 2.86. The Morgan fingerprint density at radius 2 is 1.94 bits per heavy atom. The molecule has 0 bridgehead atoms. The van der Waals surface area contributed by atoms with Gasteiger partial charge in [-0.05, 0) is 24.8 Å². The average Bonchev–Trinajstić information content (AvgIpc) is 2.82. The van der Waals surface area contributed by atoms with Gasteiger partial charge in [-0.2, -0.15) is 21.6 Å². The molecule has 1 aliphatic heterocycles. The van der Waals surface area contributed by atoms with Crippen molar-refractivity contribution in [2.24, 2.45) is 0 Å². The lowest BCUT2D eigenvalue weighted by Crippen LogP contribution is -2.48. The number of anilines is 1. The van der Waals surface area contributed by atoms with Crippen LogP contribution < -0.4 is 10.2 Å².